The first kappa shape index (κ1) is 11.8. The molecule has 0 spiro atoms. The van der Waals surface area contributed by atoms with Crippen LogP contribution in [0.1, 0.15) is 24.1 Å². The number of nitrogens with zero attached hydrogens (tertiary/aromatic N) is 1. The van der Waals surface area contributed by atoms with E-state index in [1.807, 2.05) is 31.2 Å². The molecule has 0 saturated carbocycles. The summed E-state index contributed by atoms with van der Waals surface area (Å²) in [5.74, 6) is 0.712. The highest BCUT2D eigenvalue weighted by molar-refractivity contribution is 5.82. The maximum Gasteiger partial charge on any atom is 0.261 e. The summed E-state index contributed by atoms with van der Waals surface area (Å²) in [7, 11) is 0. The Morgan fingerprint density at radius 3 is 3.11 bits per heavy atom. The minimum Gasteiger partial charge on any atom is -0.480 e. The van der Waals surface area contributed by atoms with Gasteiger partial charge in [-0.05, 0) is 18.6 Å². The molecule has 1 aromatic carbocycles. The quantitative estimate of drug-likeness (QED) is 0.877. The smallest absolute Gasteiger partial charge is 0.261 e. The van der Waals surface area contributed by atoms with Crippen LogP contribution in [0, 0.1) is 0 Å². The van der Waals surface area contributed by atoms with Crippen LogP contribution < -0.4 is 10.1 Å². The van der Waals surface area contributed by atoms with E-state index in [0.717, 1.165) is 16.9 Å². The summed E-state index contributed by atoms with van der Waals surface area (Å²) in [6.45, 7) is 1.92. The normalized spacial score (nSPS) is 18.5. The van der Waals surface area contributed by atoms with E-state index >= 15 is 0 Å². The fraction of sp³-hybridized carbons (Fsp3) is 0.286. The number of aromatic nitrogens is 2. The topological polar surface area (TPSA) is 67.0 Å². The maximum atomic E-state index is 12.2. The number of H-pyrrole nitrogens is 1. The molecule has 98 valence electrons. The molecular weight excluding hydrogens is 242 g/mol. The van der Waals surface area contributed by atoms with Crippen molar-refractivity contribution in [2.45, 2.75) is 25.5 Å². The van der Waals surface area contributed by atoms with Crippen molar-refractivity contribution in [3.05, 3.63) is 47.8 Å². The van der Waals surface area contributed by atoms with E-state index in [4.69, 9.17) is 4.74 Å². The summed E-state index contributed by atoms with van der Waals surface area (Å²) >= 11 is 0. The Bertz CT molecular complexity index is 555. The summed E-state index contributed by atoms with van der Waals surface area (Å²) in [4.78, 5) is 12.2. The first-order chi connectivity index (χ1) is 9.24. The van der Waals surface area contributed by atoms with Gasteiger partial charge in [-0.1, -0.05) is 18.2 Å². The highest BCUT2D eigenvalue weighted by atomic mass is 16.5. The number of carbonyl (C=O) groups is 1. The number of para-hydroxylation sites is 1. The number of fused-ring (bicyclic) bond motifs is 1. The summed E-state index contributed by atoms with van der Waals surface area (Å²) < 4.78 is 5.65. The molecule has 1 aliphatic rings. The molecule has 2 N–H and O–H groups in total. The molecule has 5 nitrogen and oxygen atoms in total. The molecule has 2 atom stereocenters. The van der Waals surface area contributed by atoms with Crippen LogP contribution in [0.15, 0.2) is 36.7 Å². The lowest BCUT2D eigenvalue weighted by molar-refractivity contribution is -0.127. The van der Waals surface area contributed by atoms with Crippen LogP contribution in [0.2, 0.25) is 0 Å². The van der Waals surface area contributed by atoms with Crippen LogP contribution in [0.25, 0.3) is 0 Å². The molecule has 3 rings (SSSR count). The number of rotatable bonds is 3. The first-order valence-corrected chi connectivity index (χ1v) is 6.27. The number of ether oxygens (including phenoxy) is 1. The molecular formula is C14H15N3O2. The van der Waals surface area contributed by atoms with Gasteiger partial charge in [0.15, 0.2) is 6.10 Å². The van der Waals surface area contributed by atoms with Crippen LogP contribution >= 0.6 is 0 Å². The van der Waals surface area contributed by atoms with E-state index < -0.39 is 6.10 Å². The summed E-state index contributed by atoms with van der Waals surface area (Å²) in [6, 6.07) is 7.66. The molecule has 1 aromatic heterocycles. The van der Waals surface area contributed by atoms with Crippen molar-refractivity contribution in [1.82, 2.24) is 15.5 Å². The SMILES string of the molecule is CC(NC(=O)C1Cc2ccccc2O1)c1cn[nH]c1. The lowest BCUT2D eigenvalue weighted by atomic mass is 10.1. The minimum absolute atomic E-state index is 0.0847. The van der Waals surface area contributed by atoms with Crippen molar-refractivity contribution in [2.75, 3.05) is 0 Å². The van der Waals surface area contributed by atoms with Crippen molar-refractivity contribution in [2.24, 2.45) is 0 Å². The summed E-state index contributed by atoms with van der Waals surface area (Å²) in [6.07, 6.45) is 3.66. The molecule has 1 aliphatic heterocycles. The predicted octanol–water partition coefficient (Wildman–Crippen LogP) is 1.59. The Labute approximate surface area is 111 Å². The van der Waals surface area contributed by atoms with Crippen LogP contribution in [0.4, 0.5) is 0 Å². The highest BCUT2D eigenvalue weighted by Gasteiger charge is 2.29. The number of hydrogen-bond acceptors (Lipinski definition) is 3. The molecule has 2 unspecified atom stereocenters. The zero-order chi connectivity index (χ0) is 13.2. The van der Waals surface area contributed by atoms with E-state index in [9.17, 15) is 4.79 Å². The molecule has 2 heterocycles. The Morgan fingerprint density at radius 2 is 2.37 bits per heavy atom. The second kappa shape index (κ2) is 4.76. The molecule has 0 aliphatic carbocycles. The lowest BCUT2D eigenvalue weighted by Gasteiger charge is -2.15. The van der Waals surface area contributed by atoms with Gasteiger partial charge in [-0.15, -0.1) is 0 Å². The van der Waals surface area contributed by atoms with Gasteiger partial charge < -0.3 is 10.1 Å². The van der Waals surface area contributed by atoms with Gasteiger partial charge in [0.1, 0.15) is 5.75 Å². The van der Waals surface area contributed by atoms with Crippen molar-refractivity contribution in [3.63, 3.8) is 0 Å². The van der Waals surface area contributed by atoms with Gasteiger partial charge in [0.25, 0.3) is 5.91 Å². The van der Waals surface area contributed by atoms with Gasteiger partial charge in [-0.2, -0.15) is 5.10 Å². The van der Waals surface area contributed by atoms with Crippen LogP contribution in [0.3, 0.4) is 0 Å². The van der Waals surface area contributed by atoms with Gasteiger partial charge in [0, 0.05) is 18.2 Å². The van der Waals surface area contributed by atoms with Crippen LogP contribution in [0.5, 0.6) is 5.75 Å². The second-order valence-corrected chi connectivity index (χ2v) is 4.68. The number of benzene rings is 1. The molecule has 19 heavy (non-hydrogen) atoms. The van der Waals surface area contributed by atoms with Gasteiger partial charge in [0.05, 0.1) is 12.2 Å². The van der Waals surface area contributed by atoms with Gasteiger partial charge >= 0.3 is 0 Å². The van der Waals surface area contributed by atoms with E-state index in [2.05, 4.69) is 15.5 Å². The van der Waals surface area contributed by atoms with Gasteiger partial charge in [0.2, 0.25) is 0 Å². The zero-order valence-corrected chi connectivity index (χ0v) is 10.6. The molecule has 0 fully saturated rings. The zero-order valence-electron chi connectivity index (χ0n) is 10.6. The molecule has 0 radical (unpaired) electrons. The monoisotopic (exact) mass is 257 g/mol. The Kier molecular flexibility index (Phi) is 2.95. The standard InChI is InChI=1S/C14H15N3O2/c1-9(11-7-15-16-8-11)17-14(18)13-6-10-4-2-3-5-12(10)19-13/h2-5,7-9,13H,6H2,1H3,(H,15,16)(H,17,18). The highest BCUT2D eigenvalue weighted by Crippen LogP contribution is 2.28. The van der Waals surface area contributed by atoms with Crippen molar-refractivity contribution in [1.29, 1.82) is 0 Å². The lowest BCUT2D eigenvalue weighted by Crippen LogP contribution is -2.38. The summed E-state index contributed by atoms with van der Waals surface area (Å²) in [5, 5.41) is 9.54. The molecule has 1 amide bonds. The predicted molar refractivity (Wildman–Crippen MR) is 69.7 cm³/mol. The molecule has 0 bridgehead atoms. The van der Waals surface area contributed by atoms with Gasteiger partial charge in [-0.25, -0.2) is 0 Å². The number of nitrogens with one attached hydrogen (secondary N) is 2. The van der Waals surface area contributed by atoms with Crippen molar-refractivity contribution >= 4 is 5.91 Å². The van der Waals surface area contributed by atoms with E-state index in [0.29, 0.717) is 6.42 Å². The third-order valence-corrected chi connectivity index (χ3v) is 3.32. The Hall–Kier alpha value is -2.30. The van der Waals surface area contributed by atoms with E-state index in [1.54, 1.807) is 12.4 Å². The van der Waals surface area contributed by atoms with Crippen molar-refractivity contribution < 1.29 is 9.53 Å². The third-order valence-electron chi connectivity index (χ3n) is 3.32. The number of amides is 1. The Morgan fingerprint density at radius 1 is 1.53 bits per heavy atom. The van der Waals surface area contributed by atoms with Crippen molar-refractivity contribution in [3.8, 4) is 5.75 Å². The molecule has 5 heteroatoms. The first-order valence-electron chi connectivity index (χ1n) is 6.27. The third kappa shape index (κ3) is 2.31. The second-order valence-electron chi connectivity index (χ2n) is 4.68. The average molecular weight is 257 g/mol. The number of hydrogen-bond donors (Lipinski definition) is 2. The number of carbonyl (C=O) groups excluding carboxylic acids is 1. The minimum atomic E-state index is -0.438. The maximum absolute atomic E-state index is 12.2. The van der Waals surface area contributed by atoms with Gasteiger partial charge in [-0.3, -0.25) is 9.89 Å². The number of aromatic amines is 1. The largest absolute Gasteiger partial charge is 0.480 e. The fourth-order valence-electron chi connectivity index (χ4n) is 2.22. The molecule has 0 saturated heterocycles. The fourth-order valence-corrected chi connectivity index (χ4v) is 2.22. The Balaban J connectivity index is 1.64. The molecule has 2 aromatic rings. The average Bonchev–Trinajstić information content (AvgIpc) is 3.07. The van der Waals surface area contributed by atoms with E-state index in [1.165, 1.54) is 0 Å². The van der Waals surface area contributed by atoms with Crippen LogP contribution in [-0.4, -0.2) is 22.2 Å². The van der Waals surface area contributed by atoms with Crippen LogP contribution in [-0.2, 0) is 11.2 Å². The summed E-state index contributed by atoms with van der Waals surface area (Å²) in [5.41, 5.74) is 2.03. The van der Waals surface area contributed by atoms with E-state index in [-0.39, 0.29) is 11.9 Å².